The number of nitrogens with zero attached hydrogens (tertiary/aromatic N) is 2. The fraction of sp³-hybridized carbons (Fsp3) is 0.476. The molecule has 1 aromatic heterocycles. The zero-order valence-corrected chi connectivity index (χ0v) is 18.9. The van der Waals surface area contributed by atoms with E-state index in [0.29, 0.717) is 6.42 Å². The van der Waals surface area contributed by atoms with Crippen molar-refractivity contribution in [3.8, 4) is 0 Å². The van der Waals surface area contributed by atoms with Gasteiger partial charge in [-0.25, -0.2) is 13.6 Å². The lowest BCUT2D eigenvalue weighted by Crippen LogP contribution is -2.44. The van der Waals surface area contributed by atoms with Crippen LogP contribution >= 0.6 is 11.8 Å². The molecule has 0 spiro atoms. The molecule has 184 valence electrons. The van der Waals surface area contributed by atoms with Gasteiger partial charge in [0.1, 0.15) is 17.1 Å². The normalized spacial score (nSPS) is 19.7. The molecule has 4 rings (SSSR count). The number of thioether (sulfide) groups is 1. The molecule has 34 heavy (non-hydrogen) atoms. The molecule has 3 heterocycles. The number of benzene rings is 1. The Morgan fingerprint density at radius 1 is 1.29 bits per heavy atom. The van der Waals surface area contributed by atoms with E-state index in [1.165, 1.54) is 21.2 Å². The minimum Gasteiger partial charge on any atom is -0.462 e. The number of carbonyl (C=O) groups excluding carboxylic acids is 2. The van der Waals surface area contributed by atoms with Crippen molar-refractivity contribution in [3.63, 3.8) is 0 Å². The van der Waals surface area contributed by atoms with Gasteiger partial charge >= 0.3 is 18.1 Å². The summed E-state index contributed by atoms with van der Waals surface area (Å²) in [6.07, 6.45) is -4.50. The molecular weight excluding hydrogens is 485 g/mol. The summed E-state index contributed by atoms with van der Waals surface area (Å²) in [5, 5.41) is 1.33. The quantitative estimate of drug-likeness (QED) is 0.493. The molecule has 7 nitrogen and oxygen atoms in total. The summed E-state index contributed by atoms with van der Waals surface area (Å²) >= 11 is 1.17. The van der Waals surface area contributed by atoms with Crippen LogP contribution in [-0.4, -0.2) is 48.4 Å². The maximum absolute atomic E-state index is 15.7. The van der Waals surface area contributed by atoms with Gasteiger partial charge < -0.3 is 19.5 Å². The third kappa shape index (κ3) is 3.99. The Bertz CT molecular complexity index is 1250. The molecule has 0 bridgehead atoms. The summed E-state index contributed by atoms with van der Waals surface area (Å²) < 4.78 is 74.8. The molecule has 0 aliphatic carbocycles. The lowest BCUT2D eigenvalue weighted by atomic mass is 10.1. The third-order valence-corrected chi connectivity index (χ3v) is 6.87. The minimum absolute atomic E-state index is 0.00896. The molecular formula is C21H20F5N3O4S. The Balaban J connectivity index is 1.75. The molecule has 2 aliphatic heterocycles. The maximum atomic E-state index is 15.7. The van der Waals surface area contributed by atoms with Crippen LogP contribution in [0.3, 0.4) is 0 Å². The van der Waals surface area contributed by atoms with Crippen molar-refractivity contribution in [3.05, 3.63) is 33.5 Å². The van der Waals surface area contributed by atoms with E-state index in [4.69, 9.17) is 4.74 Å². The number of fused-ring (bicyclic) bond motifs is 3. The maximum Gasteiger partial charge on any atom is 0.471 e. The van der Waals surface area contributed by atoms with Crippen LogP contribution in [0.4, 0.5) is 27.6 Å². The van der Waals surface area contributed by atoms with Gasteiger partial charge in [0.2, 0.25) is 5.43 Å². The van der Waals surface area contributed by atoms with E-state index in [1.54, 1.807) is 13.8 Å². The molecule has 1 saturated heterocycles. The highest BCUT2D eigenvalue weighted by Gasteiger charge is 2.41. The number of carbonyl (C=O) groups is 2. The topological polar surface area (TPSA) is 80.6 Å². The van der Waals surface area contributed by atoms with Crippen LogP contribution in [0.2, 0.25) is 0 Å². The lowest BCUT2D eigenvalue weighted by Gasteiger charge is -2.33. The van der Waals surface area contributed by atoms with Crippen molar-refractivity contribution in [2.75, 3.05) is 24.6 Å². The van der Waals surface area contributed by atoms with E-state index in [1.807, 2.05) is 5.32 Å². The number of halogens is 5. The second-order valence-corrected chi connectivity index (χ2v) is 9.36. The fourth-order valence-electron chi connectivity index (χ4n) is 4.17. The number of hydrogen-bond donors (Lipinski definition) is 1. The molecule has 1 fully saturated rings. The monoisotopic (exact) mass is 505 g/mol. The van der Waals surface area contributed by atoms with Gasteiger partial charge in [0.25, 0.3) is 0 Å². The van der Waals surface area contributed by atoms with Crippen molar-refractivity contribution in [2.24, 2.45) is 0 Å². The van der Waals surface area contributed by atoms with E-state index < -0.39 is 46.8 Å². The van der Waals surface area contributed by atoms with Crippen LogP contribution in [0.5, 0.6) is 0 Å². The zero-order valence-electron chi connectivity index (χ0n) is 18.1. The summed E-state index contributed by atoms with van der Waals surface area (Å²) in [7, 11) is 0. The Kier molecular flexibility index (Phi) is 6.25. The number of aromatic nitrogens is 1. The molecule has 13 heteroatoms. The van der Waals surface area contributed by atoms with Gasteiger partial charge in [-0.15, -0.1) is 0 Å². The first-order chi connectivity index (χ1) is 16.0. The summed E-state index contributed by atoms with van der Waals surface area (Å²) in [6.45, 7) is 3.32. The van der Waals surface area contributed by atoms with Crippen molar-refractivity contribution < 1.29 is 36.3 Å². The largest absolute Gasteiger partial charge is 0.471 e. The highest BCUT2D eigenvalue weighted by Crippen LogP contribution is 2.48. The number of amides is 1. The van der Waals surface area contributed by atoms with Gasteiger partial charge in [0.05, 0.1) is 27.9 Å². The summed E-state index contributed by atoms with van der Waals surface area (Å²) in [4.78, 5) is 37.9. The smallest absolute Gasteiger partial charge is 0.462 e. The van der Waals surface area contributed by atoms with Crippen molar-refractivity contribution in [2.45, 2.75) is 49.3 Å². The number of rotatable bonds is 5. The number of nitrogens with one attached hydrogen (secondary N) is 1. The summed E-state index contributed by atoms with van der Waals surface area (Å²) in [5.74, 6) is -5.15. The van der Waals surface area contributed by atoms with Crippen molar-refractivity contribution >= 4 is 40.2 Å². The number of ether oxygens (including phenoxy) is 1. The van der Waals surface area contributed by atoms with Crippen LogP contribution in [0, 0.1) is 11.6 Å². The highest BCUT2D eigenvalue weighted by atomic mass is 32.2. The van der Waals surface area contributed by atoms with E-state index in [-0.39, 0.29) is 53.0 Å². The van der Waals surface area contributed by atoms with Gasteiger partial charge in [0.15, 0.2) is 5.82 Å². The number of alkyl halides is 3. The highest BCUT2D eigenvalue weighted by molar-refractivity contribution is 8.00. The minimum atomic E-state index is -5.07. The van der Waals surface area contributed by atoms with Gasteiger partial charge in [0, 0.05) is 19.1 Å². The SMILES string of the molecule is CCCOC(=O)c1c2n(c3c(F)c(N4CCC(NC(=O)C(F)(F)F)C4)c(F)cc3c1=O)C(C)S2. The van der Waals surface area contributed by atoms with Crippen LogP contribution in [0.15, 0.2) is 15.9 Å². The van der Waals surface area contributed by atoms with E-state index in [2.05, 4.69) is 0 Å². The predicted molar refractivity (Wildman–Crippen MR) is 114 cm³/mol. The summed E-state index contributed by atoms with van der Waals surface area (Å²) in [5.41, 5.74) is -1.84. The molecule has 0 radical (unpaired) electrons. The lowest BCUT2D eigenvalue weighted by molar-refractivity contribution is -0.174. The molecule has 2 unspecified atom stereocenters. The van der Waals surface area contributed by atoms with Crippen LogP contribution in [0.25, 0.3) is 10.9 Å². The predicted octanol–water partition coefficient (Wildman–Crippen LogP) is 3.73. The number of hydrogen-bond acceptors (Lipinski definition) is 6. The second-order valence-electron chi connectivity index (χ2n) is 8.05. The Morgan fingerprint density at radius 2 is 2.00 bits per heavy atom. The first-order valence-electron chi connectivity index (χ1n) is 10.5. The standard InChI is InChI=1S/C21H20F5N3O4S/c1-3-6-33-19(31)13-17(30)11-7-12(22)16(14(23)15(11)29-9(2)34-18(13)29)28-5-4-10(8-28)27-20(32)21(24,25)26/h7,9-10H,3-6,8H2,1-2H3,(H,27,32). The summed E-state index contributed by atoms with van der Waals surface area (Å²) in [6, 6.07) is -0.128. The molecule has 0 saturated carbocycles. The van der Waals surface area contributed by atoms with E-state index in [0.717, 1.165) is 6.07 Å². The molecule has 2 atom stereocenters. The molecule has 2 aliphatic rings. The zero-order chi connectivity index (χ0) is 24.9. The Hall–Kier alpha value is -2.83. The fourth-order valence-corrected chi connectivity index (χ4v) is 5.31. The number of esters is 1. The molecule has 1 aromatic carbocycles. The molecule has 1 N–H and O–H groups in total. The first kappa shape index (κ1) is 24.3. The first-order valence-corrected chi connectivity index (χ1v) is 11.4. The Labute approximate surface area is 194 Å². The average molecular weight is 505 g/mol. The van der Waals surface area contributed by atoms with Crippen LogP contribution in [-0.2, 0) is 9.53 Å². The molecule has 1 amide bonds. The van der Waals surface area contributed by atoms with E-state index >= 15 is 8.78 Å². The second kappa shape index (κ2) is 8.75. The number of anilines is 1. The Morgan fingerprint density at radius 3 is 2.62 bits per heavy atom. The average Bonchev–Trinajstić information content (AvgIpc) is 3.20. The van der Waals surface area contributed by atoms with Crippen molar-refractivity contribution in [1.29, 1.82) is 0 Å². The van der Waals surface area contributed by atoms with Gasteiger partial charge in [-0.2, -0.15) is 13.2 Å². The van der Waals surface area contributed by atoms with Crippen LogP contribution in [0.1, 0.15) is 42.4 Å². The van der Waals surface area contributed by atoms with Gasteiger partial charge in [-0.3, -0.25) is 9.59 Å². The van der Waals surface area contributed by atoms with Gasteiger partial charge in [-0.1, -0.05) is 18.7 Å². The van der Waals surface area contributed by atoms with E-state index in [9.17, 15) is 27.6 Å². The molecule has 2 aromatic rings. The number of pyridine rings is 1. The van der Waals surface area contributed by atoms with Crippen LogP contribution < -0.4 is 15.6 Å². The third-order valence-electron chi connectivity index (χ3n) is 5.70. The van der Waals surface area contributed by atoms with Gasteiger partial charge in [-0.05, 0) is 25.8 Å². The van der Waals surface area contributed by atoms with Crippen molar-refractivity contribution in [1.82, 2.24) is 9.88 Å².